The van der Waals surface area contributed by atoms with Gasteiger partial charge >= 0.3 is 5.97 Å². The molecule has 0 aromatic heterocycles. The van der Waals surface area contributed by atoms with Crippen molar-refractivity contribution in [3.05, 3.63) is 23.8 Å². The molecule has 25 heavy (non-hydrogen) atoms. The van der Waals surface area contributed by atoms with Crippen LogP contribution in [0, 0.1) is 5.41 Å². The molecule has 1 aliphatic heterocycles. The molecule has 8 nitrogen and oxygen atoms in total. The number of esters is 1. The molecule has 1 unspecified atom stereocenters. The second-order valence-corrected chi connectivity index (χ2v) is 6.83. The smallest absolute Gasteiger partial charge is 0.354 e. The van der Waals surface area contributed by atoms with Crippen LogP contribution in [0.5, 0.6) is 11.5 Å². The number of phenolic OH excluding ortho intramolecular Hbond substituents is 2. The molecule has 3 N–H and O–H groups in total. The molecule has 1 heterocycles. The minimum absolute atomic E-state index is 0.0779. The van der Waals surface area contributed by atoms with Crippen LogP contribution in [-0.2, 0) is 9.53 Å². The van der Waals surface area contributed by atoms with E-state index in [1.165, 1.54) is 12.1 Å². The Labute approximate surface area is 145 Å². The first-order chi connectivity index (χ1) is 11.5. The minimum atomic E-state index is -1.78. The monoisotopic (exact) mass is 350 g/mol. The topological polar surface area (TPSA) is 120 Å². The van der Waals surface area contributed by atoms with Crippen molar-refractivity contribution in [2.75, 3.05) is 6.61 Å². The summed E-state index contributed by atoms with van der Waals surface area (Å²) in [5, 5.41) is 35.2. The van der Waals surface area contributed by atoms with Crippen LogP contribution in [0.15, 0.2) is 23.3 Å². The molecule has 1 atom stereocenters. The lowest BCUT2D eigenvalue weighted by molar-refractivity contribution is -0.144. The van der Waals surface area contributed by atoms with Crippen molar-refractivity contribution in [3.63, 3.8) is 0 Å². The number of hydrogen-bond acceptors (Lipinski definition) is 7. The Hall–Kier alpha value is -2.61. The summed E-state index contributed by atoms with van der Waals surface area (Å²) in [7, 11) is 0. The largest absolute Gasteiger partial charge is 0.508 e. The van der Waals surface area contributed by atoms with Crippen molar-refractivity contribution >= 4 is 17.6 Å². The summed E-state index contributed by atoms with van der Waals surface area (Å²) in [6.45, 7) is 6.88. The summed E-state index contributed by atoms with van der Waals surface area (Å²) < 4.78 is 4.90. The first-order valence-electron chi connectivity index (χ1n) is 7.84. The van der Waals surface area contributed by atoms with Gasteiger partial charge in [0.05, 0.1) is 12.2 Å². The van der Waals surface area contributed by atoms with Crippen LogP contribution in [0.2, 0.25) is 0 Å². The highest BCUT2D eigenvalue weighted by Gasteiger charge is 2.54. The Morgan fingerprint density at radius 1 is 1.32 bits per heavy atom. The molecule has 0 aliphatic carbocycles. The molecule has 0 saturated heterocycles. The Bertz CT molecular complexity index is 737. The van der Waals surface area contributed by atoms with Crippen molar-refractivity contribution in [2.24, 2.45) is 10.5 Å². The fourth-order valence-corrected chi connectivity index (χ4v) is 2.49. The molecule has 0 bridgehead atoms. The van der Waals surface area contributed by atoms with Gasteiger partial charge in [0, 0.05) is 17.9 Å². The number of nitrogens with zero attached hydrogens (tertiary/aromatic N) is 2. The number of carbonyl (C=O) groups excluding carboxylic acids is 2. The van der Waals surface area contributed by atoms with Gasteiger partial charge in [0.2, 0.25) is 0 Å². The molecular weight excluding hydrogens is 328 g/mol. The van der Waals surface area contributed by atoms with Crippen LogP contribution in [0.4, 0.5) is 0 Å². The van der Waals surface area contributed by atoms with Crippen molar-refractivity contribution in [1.29, 1.82) is 0 Å². The molecule has 2 rings (SSSR count). The van der Waals surface area contributed by atoms with Crippen LogP contribution >= 0.6 is 0 Å². The minimum Gasteiger partial charge on any atom is -0.508 e. The van der Waals surface area contributed by atoms with Gasteiger partial charge in [-0.1, -0.05) is 20.8 Å². The fraction of sp³-hybridized carbons (Fsp3) is 0.471. The first-order valence-corrected chi connectivity index (χ1v) is 7.84. The number of hydrogen-bond donors (Lipinski definition) is 3. The molecule has 8 heteroatoms. The molecular formula is C17H22N2O6. The lowest BCUT2D eigenvalue weighted by atomic mass is 9.80. The summed E-state index contributed by atoms with van der Waals surface area (Å²) in [6.07, 6.45) is -0.195. The lowest BCUT2D eigenvalue weighted by Crippen LogP contribution is -2.55. The van der Waals surface area contributed by atoms with Crippen molar-refractivity contribution < 1.29 is 29.6 Å². The Morgan fingerprint density at radius 3 is 2.48 bits per heavy atom. The quantitative estimate of drug-likeness (QED) is 0.712. The molecule has 0 radical (unpaired) electrons. The maximum atomic E-state index is 12.8. The second-order valence-electron chi connectivity index (χ2n) is 6.83. The van der Waals surface area contributed by atoms with Gasteiger partial charge in [0.1, 0.15) is 11.5 Å². The van der Waals surface area contributed by atoms with Crippen LogP contribution < -0.4 is 0 Å². The molecule has 0 fully saturated rings. The summed E-state index contributed by atoms with van der Waals surface area (Å²) in [6, 6.07) is 3.46. The van der Waals surface area contributed by atoms with Gasteiger partial charge in [-0.3, -0.25) is 4.79 Å². The van der Waals surface area contributed by atoms with Crippen molar-refractivity contribution in [3.8, 4) is 11.5 Å². The third-order valence-corrected chi connectivity index (χ3v) is 4.10. The summed E-state index contributed by atoms with van der Waals surface area (Å²) in [4.78, 5) is 24.8. The molecule has 136 valence electrons. The average Bonchev–Trinajstić information content (AvgIpc) is 2.86. The highest BCUT2D eigenvalue weighted by atomic mass is 16.5. The van der Waals surface area contributed by atoms with E-state index in [-0.39, 0.29) is 30.1 Å². The number of aromatic hydroxyl groups is 2. The van der Waals surface area contributed by atoms with Gasteiger partial charge < -0.3 is 20.1 Å². The van der Waals surface area contributed by atoms with Gasteiger partial charge in [-0.05, 0) is 19.1 Å². The SMILES string of the molecule is CCOC(=O)C1=NN(C(=O)c2ccc(O)cc2O)C(O)(C(C)(C)C)C1. The van der Waals surface area contributed by atoms with Gasteiger partial charge in [0.25, 0.3) is 5.91 Å². The number of carbonyl (C=O) groups is 2. The summed E-state index contributed by atoms with van der Waals surface area (Å²) in [5.41, 5.74) is -2.86. The van der Waals surface area contributed by atoms with E-state index >= 15 is 0 Å². The van der Waals surface area contributed by atoms with Crippen LogP contribution in [0.25, 0.3) is 0 Å². The van der Waals surface area contributed by atoms with E-state index in [1.807, 2.05) is 0 Å². The molecule has 1 amide bonds. The van der Waals surface area contributed by atoms with E-state index < -0.39 is 28.8 Å². The summed E-state index contributed by atoms with van der Waals surface area (Å²) in [5.74, 6) is -2.18. The molecule has 0 saturated carbocycles. The van der Waals surface area contributed by atoms with E-state index in [0.717, 1.165) is 11.1 Å². The molecule has 1 aromatic carbocycles. The number of hydrazone groups is 1. The maximum absolute atomic E-state index is 12.8. The molecule has 1 aromatic rings. The highest BCUT2D eigenvalue weighted by molar-refractivity contribution is 6.37. The predicted octanol–water partition coefficient (Wildman–Crippen LogP) is 1.60. The van der Waals surface area contributed by atoms with Gasteiger partial charge in [-0.15, -0.1) is 0 Å². The molecule has 0 spiro atoms. The number of phenols is 2. The van der Waals surface area contributed by atoms with Crippen LogP contribution in [0.3, 0.4) is 0 Å². The Kier molecular flexibility index (Phi) is 4.76. The van der Waals surface area contributed by atoms with Gasteiger partial charge in [-0.25, -0.2) is 4.79 Å². The Morgan fingerprint density at radius 2 is 1.96 bits per heavy atom. The van der Waals surface area contributed by atoms with Gasteiger partial charge in [0.15, 0.2) is 11.4 Å². The number of benzene rings is 1. The van der Waals surface area contributed by atoms with Crippen LogP contribution in [0.1, 0.15) is 44.5 Å². The predicted molar refractivity (Wildman–Crippen MR) is 89.0 cm³/mol. The van der Waals surface area contributed by atoms with E-state index in [1.54, 1.807) is 27.7 Å². The van der Waals surface area contributed by atoms with Crippen LogP contribution in [-0.4, -0.2) is 50.2 Å². The Balaban J connectivity index is 2.48. The normalized spacial score (nSPS) is 20.4. The zero-order chi connectivity index (χ0) is 19.0. The van der Waals surface area contributed by atoms with Crippen molar-refractivity contribution in [2.45, 2.75) is 39.8 Å². The highest BCUT2D eigenvalue weighted by Crippen LogP contribution is 2.42. The van der Waals surface area contributed by atoms with E-state index in [4.69, 9.17) is 4.74 Å². The third-order valence-electron chi connectivity index (χ3n) is 4.10. The lowest BCUT2D eigenvalue weighted by Gasteiger charge is -2.41. The van der Waals surface area contributed by atoms with Gasteiger partial charge in [-0.2, -0.15) is 10.1 Å². The van der Waals surface area contributed by atoms with Crippen molar-refractivity contribution in [1.82, 2.24) is 5.01 Å². The first kappa shape index (κ1) is 18.7. The average molecular weight is 350 g/mol. The number of rotatable bonds is 3. The van der Waals surface area contributed by atoms with E-state index in [2.05, 4.69) is 5.10 Å². The zero-order valence-corrected chi connectivity index (χ0v) is 14.6. The number of amides is 1. The van der Waals surface area contributed by atoms with E-state index in [0.29, 0.717) is 0 Å². The van der Waals surface area contributed by atoms with E-state index in [9.17, 15) is 24.9 Å². The number of aliphatic hydroxyl groups is 1. The molecule has 1 aliphatic rings. The zero-order valence-electron chi connectivity index (χ0n) is 14.6. The maximum Gasteiger partial charge on any atom is 0.354 e. The second kappa shape index (κ2) is 6.36. The summed E-state index contributed by atoms with van der Waals surface area (Å²) >= 11 is 0. The number of ether oxygens (including phenoxy) is 1. The standard InChI is InChI=1S/C17H22N2O6/c1-5-25-15(23)12-9-17(24,16(2,3)4)19(18-12)14(22)11-7-6-10(20)8-13(11)21/h6-8,20-21,24H,5,9H2,1-4H3. The third kappa shape index (κ3) is 3.30. The fourth-order valence-electron chi connectivity index (χ4n) is 2.49.